The number of aliphatic hydroxyl groups is 6. The third kappa shape index (κ3) is 5.23. The van der Waals surface area contributed by atoms with Crippen LogP contribution in [0.15, 0.2) is 23.3 Å². The van der Waals surface area contributed by atoms with E-state index >= 15 is 0 Å². The van der Waals surface area contributed by atoms with Crippen molar-refractivity contribution < 1.29 is 40.1 Å². The van der Waals surface area contributed by atoms with E-state index in [4.69, 9.17) is 9.47 Å². The van der Waals surface area contributed by atoms with Gasteiger partial charge in [0, 0.05) is 12.5 Å². The SMILES string of the molecule is CC(=CCO)CCC1C(CO)=CC(OC2OCC(O)C(O)C2O)C2C(C)(CO)CCCC12C. The van der Waals surface area contributed by atoms with E-state index in [-0.39, 0.29) is 43.7 Å². The lowest BCUT2D eigenvalue weighted by Gasteiger charge is -2.60. The smallest absolute Gasteiger partial charge is 0.186 e. The van der Waals surface area contributed by atoms with Gasteiger partial charge >= 0.3 is 0 Å². The molecule has 6 N–H and O–H groups in total. The monoisotopic (exact) mass is 470 g/mol. The van der Waals surface area contributed by atoms with Gasteiger partial charge in [-0.05, 0) is 54.9 Å². The van der Waals surface area contributed by atoms with Crippen LogP contribution in [0.25, 0.3) is 0 Å². The zero-order chi connectivity index (χ0) is 24.4. The lowest BCUT2D eigenvalue weighted by Crippen LogP contribution is -2.60. The lowest BCUT2D eigenvalue weighted by atomic mass is 9.47. The Labute approximate surface area is 196 Å². The van der Waals surface area contributed by atoms with Gasteiger partial charge in [0.15, 0.2) is 6.29 Å². The minimum Gasteiger partial charge on any atom is -0.396 e. The van der Waals surface area contributed by atoms with Crippen LogP contribution in [0.4, 0.5) is 0 Å². The molecular weight excluding hydrogens is 428 g/mol. The first-order valence-corrected chi connectivity index (χ1v) is 12.1. The Hall–Kier alpha value is -0.840. The summed E-state index contributed by atoms with van der Waals surface area (Å²) in [5.41, 5.74) is 1.26. The van der Waals surface area contributed by atoms with Crippen LogP contribution in [-0.2, 0) is 9.47 Å². The number of fused-ring (bicyclic) bond motifs is 1. The van der Waals surface area contributed by atoms with Crippen LogP contribution >= 0.6 is 0 Å². The number of hydrogen-bond donors (Lipinski definition) is 6. The highest BCUT2D eigenvalue weighted by Crippen LogP contribution is 2.61. The molecular formula is C25H42O8. The second-order valence-electron chi connectivity index (χ2n) is 10.7. The Morgan fingerprint density at radius 1 is 1.15 bits per heavy atom. The molecule has 0 aromatic heterocycles. The third-order valence-corrected chi connectivity index (χ3v) is 8.43. The minimum absolute atomic E-state index is 0.00184. The maximum Gasteiger partial charge on any atom is 0.186 e. The van der Waals surface area contributed by atoms with E-state index in [1.807, 2.05) is 13.0 Å². The average Bonchev–Trinajstić information content (AvgIpc) is 2.78. The van der Waals surface area contributed by atoms with Crippen molar-refractivity contribution in [2.24, 2.45) is 22.7 Å². The van der Waals surface area contributed by atoms with Gasteiger partial charge in [-0.3, -0.25) is 0 Å². The van der Waals surface area contributed by atoms with Crippen LogP contribution in [0, 0.1) is 22.7 Å². The Kier molecular flexibility index (Phi) is 8.78. The van der Waals surface area contributed by atoms with Crippen LogP contribution in [0.5, 0.6) is 0 Å². The van der Waals surface area contributed by atoms with Crippen LogP contribution in [-0.4, -0.2) is 87.8 Å². The highest BCUT2D eigenvalue weighted by molar-refractivity contribution is 5.25. The van der Waals surface area contributed by atoms with Gasteiger partial charge in [0.1, 0.15) is 18.3 Å². The molecule has 9 atom stereocenters. The van der Waals surface area contributed by atoms with Gasteiger partial charge in [0.05, 0.1) is 25.9 Å². The van der Waals surface area contributed by atoms with Gasteiger partial charge in [-0.15, -0.1) is 0 Å². The summed E-state index contributed by atoms with van der Waals surface area (Å²) in [6.07, 6.45) is 2.39. The van der Waals surface area contributed by atoms with Gasteiger partial charge < -0.3 is 40.1 Å². The van der Waals surface area contributed by atoms with Gasteiger partial charge in [-0.25, -0.2) is 0 Å². The molecule has 3 rings (SSSR count). The molecule has 9 unspecified atom stereocenters. The van der Waals surface area contributed by atoms with Gasteiger partial charge in [0.2, 0.25) is 0 Å². The zero-order valence-electron chi connectivity index (χ0n) is 20.1. The molecule has 0 amide bonds. The normalized spacial score (nSPS) is 44.3. The van der Waals surface area contributed by atoms with Gasteiger partial charge in [0.25, 0.3) is 0 Å². The maximum atomic E-state index is 10.5. The highest BCUT2D eigenvalue weighted by Gasteiger charge is 2.58. The van der Waals surface area contributed by atoms with Crippen molar-refractivity contribution in [1.82, 2.24) is 0 Å². The largest absolute Gasteiger partial charge is 0.396 e. The average molecular weight is 471 g/mol. The van der Waals surface area contributed by atoms with Crippen molar-refractivity contribution in [3.8, 4) is 0 Å². The predicted molar refractivity (Wildman–Crippen MR) is 122 cm³/mol. The number of allylic oxidation sites excluding steroid dienone is 1. The standard InChI is InChI=1S/C25H42O8/c1-15(7-10-26)5-6-17-16(12-27)11-19(33-23-21(31)20(30)18(29)13-32-23)22-24(2,14-28)8-4-9-25(17,22)3/h7,11,17-23,26-31H,4-6,8-10,12-14H2,1-3H3. The molecule has 190 valence electrons. The van der Waals surface area contributed by atoms with E-state index < -0.39 is 36.1 Å². The van der Waals surface area contributed by atoms with Gasteiger partial charge in [-0.2, -0.15) is 0 Å². The molecule has 0 spiro atoms. The number of hydrogen-bond acceptors (Lipinski definition) is 8. The lowest BCUT2D eigenvalue weighted by molar-refractivity contribution is -0.294. The number of aliphatic hydroxyl groups excluding tert-OH is 6. The van der Waals surface area contributed by atoms with E-state index in [0.29, 0.717) is 0 Å². The number of ether oxygens (including phenoxy) is 2. The number of rotatable bonds is 8. The molecule has 1 aliphatic heterocycles. The van der Waals surface area contributed by atoms with Crippen molar-refractivity contribution in [2.75, 3.05) is 26.4 Å². The minimum atomic E-state index is -1.40. The summed E-state index contributed by atoms with van der Waals surface area (Å²) in [5, 5.41) is 60.3. The van der Waals surface area contributed by atoms with Crippen molar-refractivity contribution in [1.29, 1.82) is 0 Å². The van der Waals surface area contributed by atoms with Crippen LogP contribution in [0.3, 0.4) is 0 Å². The molecule has 0 radical (unpaired) electrons. The van der Waals surface area contributed by atoms with E-state index in [1.165, 1.54) is 0 Å². The molecule has 2 fully saturated rings. The van der Waals surface area contributed by atoms with Crippen LogP contribution in [0.1, 0.15) is 52.9 Å². The topological polar surface area (TPSA) is 140 Å². The fraction of sp³-hybridized carbons (Fsp3) is 0.840. The molecule has 0 aromatic carbocycles. The summed E-state index contributed by atoms with van der Waals surface area (Å²) >= 11 is 0. The molecule has 0 aromatic rings. The second kappa shape index (κ2) is 10.8. The van der Waals surface area contributed by atoms with Crippen molar-refractivity contribution >= 4 is 0 Å². The van der Waals surface area contributed by atoms with E-state index in [2.05, 4.69) is 13.8 Å². The summed E-state index contributed by atoms with van der Waals surface area (Å²) in [6, 6.07) is 0. The molecule has 33 heavy (non-hydrogen) atoms. The predicted octanol–water partition coefficient (Wildman–Crippen LogP) is 0.883. The zero-order valence-corrected chi connectivity index (χ0v) is 20.1. The Balaban J connectivity index is 1.96. The first kappa shape index (κ1) is 26.8. The fourth-order valence-electron chi connectivity index (χ4n) is 6.65. The highest BCUT2D eigenvalue weighted by atomic mass is 16.7. The van der Waals surface area contributed by atoms with E-state index in [1.54, 1.807) is 6.08 Å². The van der Waals surface area contributed by atoms with Crippen molar-refractivity contribution in [3.63, 3.8) is 0 Å². The Bertz CT molecular complexity index is 723. The molecule has 1 saturated heterocycles. The molecule has 8 nitrogen and oxygen atoms in total. The van der Waals surface area contributed by atoms with E-state index in [9.17, 15) is 30.6 Å². The molecule has 1 saturated carbocycles. The quantitative estimate of drug-likeness (QED) is 0.287. The third-order valence-electron chi connectivity index (χ3n) is 8.43. The maximum absolute atomic E-state index is 10.5. The Morgan fingerprint density at radius 3 is 2.52 bits per heavy atom. The van der Waals surface area contributed by atoms with Crippen LogP contribution < -0.4 is 0 Å². The molecule has 8 heteroatoms. The summed E-state index contributed by atoms with van der Waals surface area (Å²) in [4.78, 5) is 0. The van der Waals surface area contributed by atoms with Crippen LogP contribution in [0.2, 0.25) is 0 Å². The summed E-state index contributed by atoms with van der Waals surface area (Å²) in [6.45, 7) is 5.98. The fourth-order valence-corrected chi connectivity index (χ4v) is 6.65. The first-order chi connectivity index (χ1) is 15.6. The summed E-state index contributed by atoms with van der Waals surface area (Å²) in [7, 11) is 0. The van der Waals surface area contributed by atoms with E-state index in [0.717, 1.165) is 43.3 Å². The van der Waals surface area contributed by atoms with Gasteiger partial charge in [-0.1, -0.05) is 38.0 Å². The molecule has 2 aliphatic carbocycles. The van der Waals surface area contributed by atoms with Crippen molar-refractivity contribution in [2.45, 2.75) is 83.6 Å². The van der Waals surface area contributed by atoms with Crippen molar-refractivity contribution in [3.05, 3.63) is 23.3 Å². The molecule has 1 heterocycles. The molecule has 3 aliphatic rings. The summed E-state index contributed by atoms with van der Waals surface area (Å²) < 4.78 is 11.8. The summed E-state index contributed by atoms with van der Waals surface area (Å²) in [5.74, 6) is -0.0313. The Morgan fingerprint density at radius 2 is 1.88 bits per heavy atom. The second-order valence-corrected chi connectivity index (χ2v) is 10.7. The molecule has 0 bridgehead atoms. The first-order valence-electron chi connectivity index (χ1n) is 12.1.